The smallest absolute Gasteiger partial charge is 0.198 e. The Morgan fingerprint density at radius 3 is 2.89 bits per heavy atom. The number of para-hydroxylation sites is 1. The van der Waals surface area contributed by atoms with Crippen molar-refractivity contribution in [3.8, 4) is 17.1 Å². The molecule has 0 saturated heterocycles. The zero-order valence-electron chi connectivity index (χ0n) is 9.54. The monoisotopic (exact) mass is 260 g/mol. The van der Waals surface area contributed by atoms with Gasteiger partial charge in [0.1, 0.15) is 5.75 Å². The van der Waals surface area contributed by atoms with Crippen LogP contribution in [0.1, 0.15) is 0 Å². The van der Waals surface area contributed by atoms with Crippen molar-refractivity contribution in [2.45, 2.75) is 0 Å². The zero-order valence-corrected chi connectivity index (χ0v) is 10.3. The quantitative estimate of drug-likeness (QED) is 0.710. The average Bonchev–Trinajstić information content (AvgIpc) is 2.84. The maximum atomic E-state index is 5.97. The van der Waals surface area contributed by atoms with Gasteiger partial charge in [0.05, 0.1) is 12.7 Å². The van der Waals surface area contributed by atoms with Crippen LogP contribution in [0.25, 0.3) is 17.0 Å². The van der Waals surface area contributed by atoms with Crippen LogP contribution >= 0.6 is 11.6 Å². The lowest BCUT2D eigenvalue weighted by molar-refractivity contribution is 0.416. The fourth-order valence-corrected chi connectivity index (χ4v) is 1.99. The van der Waals surface area contributed by atoms with Crippen LogP contribution in [0.15, 0.2) is 36.7 Å². The summed E-state index contributed by atoms with van der Waals surface area (Å²) >= 11 is 5.97. The van der Waals surface area contributed by atoms with E-state index in [0.717, 1.165) is 11.3 Å². The van der Waals surface area contributed by atoms with Crippen molar-refractivity contribution in [1.29, 1.82) is 0 Å². The number of benzene rings is 1. The van der Waals surface area contributed by atoms with Gasteiger partial charge in [0.25, 0.3) is 0 Å². The highest BCUT2D eigenvalue weighted by Crippen LogP contribution is 2.29. The molecule has 0 aliphatic rings. The van der Waals surface area contributed by atoms with Crippen LogP contribution in [0.4, 0.5) is 0 Å². The second-order valence-corrected chi connectivity index (χ2v) is 3.99. The number of hydrogen-bond acceptors (Lipinski definition) is 4. The molecule has 0 saturated carbocycles. The molecule has 90 valence electrons. The van der Waals surface area contributed by atoms with E-state index >= 15 is 0 Å². The number of methoxy groups -OCH3 is 1. The van der Waals surface area contributed by atoms with Crippen LogP contribution in [0.5, 0.6) is 5.75 Å². The Labute approximate surface area is 108 Å². The summed E-state index contributed by atoms with van der Waals surface area (Å²) in [7, 11) is 1.62. The van der Waals surface area contributed by atoms with E-state index in [-0.39, 0.29) is 0 Å². The molecule has 3 rings (SSSR count). The van der Waals surface area contributed by atoms with Gasteiger partial charge in [-0.1, -0.05) is 23.7 Å². The summed E-state index contributed by atoms with van der Waals surface area (Å²) in [6, 6.07) is 7.62. The first kappa shape index (κ1) is 11.0. The van der Waals surface area contributed by atoms with Crippen LogP contribution in [0.2, 0.25) is 5.15 Å². The number of aromatic nitrogens is 4. The van der Waals surface area contributed by atoms with Crippen molar-refractivity contribution in [2.24, 2.45) is 0 Å². The van der Waals surface area contributed by atoms with E-state index in [9.17, 15) is 0 Å². The van der Waals surface area contributed by atoms with Gasteiger partial charge < -0.3 is 4.74 Å². The lowest BCUT2D eigenvalue weighted by atomic mass is 10.2. The van der Waals surface area contributed by atoms with Gasteiger partial charge in [-0.15, -0.1) is 10.2 Å². The molecular formula is C12H9ClN4O. The average molecular weight is 261 g/mol. The molecular weight excluding hydrogens is 252 g/mol. The Bertz CT molecular complexity index is 710. The molecule has 5 nitrogen and oxygen atoms in total. The van der Waals surface area contributed by atoms with E-state index in [1.165, 1.54) is 0 Å². The standard InChI is InChI=1S/C12H9ClN4O/c1-18-9-5-3-2-4-8(9)11-15-16-12-10(13)14-6-7-17(11)12/h2-7H,1H3. The van der Waals surface area contributed by atoms with Gasteiger partial charge in [0.2, 0.25) is 0 Å². The van der Waals surface area contributed by atoms with Crippen molar-refractivity contribution in [2.75, 3.05) is 7.11 Å². The van der Waals surface area contributed by atoms with E-state index in [0.29, 0.717) is 16.6 Å². The molecule has 0 spiro atoms. The number of fused-ring (bicyclic) bond motifs is 1. The van der Waals surface area contributed by atoms with Crippen molar-refractivity contribution in [3.63, 3.8) is 0 Å². The maximum absolute atomic E-state index is 5.97. The molecule has 2 aromatic heterocycles. The summed E-state index contributed by atoms with van der Waals surface area (Å²) < 4.78 is 7.10. The van der Waals surface area contributed by atoms with Gasteiger partial charge in [-0.25, -0.2) is 4.98 Å². The Balaban J connectivity index is 2.29. The normalized spacial score (nSPS) is 10.8. The Morgan fingerprint density at radius 2 is 2.06 bits per heavy atom. The fourth-order valence-electron chi connectivity index (χ4n) is 1.81. The zero-order chi connectivity index (χ0) is 12.5. The number of rotatable bonds is 2. The maximum Gasteiger partial charge on any atom is 0.198 e. The molecule has 0 N–H and O–H groups in total. The molecule has 0 radical (unpaired) electrons. The molecule has 0 aliphatic heterocycles. The summed E-state index contributed by atoms with van der Waals surface area (Å²) in [6.45, 7) is 0. The molecule has 0 unspecified atom stereocenters. The van der Waals surface area contributed by atoms with Crippen LogP contribution in [-0.4, -0.2) is 26.7 Å². The molecule has 0 fully saturated rings. The highest BCUT2D eigenvalue weighted by molar-refractivity contribution is 6.32. The van der Waals surface area contributed by atoms with Crippen molar-refractivity contribution in [1.82, 2.24) is 19.6 Å². The summed E-state index contributed by atoms with van der Waals surface area (Å²) in [5.41, 5.74) is 1.38. The summed E-state index contributed by atoms with van der Waals surface area (Å²) in [5.74, 6) is 1.41. The molecule has 1 aromatic carbocycles. The third-order valence-corrected chi connectivity index (χ3v) is 2.90. The first-order valence-electron chi connectivity index (χ1n) is 5.30. The van der Waals surface area contributed by atoms with Crippen molar-refractivity contribution < 1.29 is 4.74 Å². The SMILES string of the molecule is COc1ccccc1-c1nnc2c(Cl)nccn12. The van der Waals surface area contributed by atoms with Crippen molar-refractivity contribution >= 4 is 17.2 Å². The molecule has 0 bridgehead atoms. The minimum absolute atomic E-state index is 0.325. The lowest BCUT2D eigenvalue weighted by Gasteiger charge is -2.06. The highest BCUT2D eigenvalue weighted by atomic mass is 35.5. The topological polar surface area (TPSA) is 52.3 Å². The minimum atomic E-state index is 0.325. The molecule has 0 amide bonds. The van der Waals surface area contributed by atoms with Gasteiger partial charge in [-0.05, 0) is 12.1 Å². The molecule has 0 atom stereocenters. The van der Waals surface area contributed by atoms with E-state index in [4.69, 9.17) is 16.3 Å². The molecule has 18 heavy (non-hydrogen) atoms. The third kappa shape index (κ3) is 1.60. The number of hydrogen-bond donors (Lipinski definition) is 0. The number of halogens is 1. The van der Waals surface area contributed by atoms with E-state index in [2.05, 4.69) is 15.2 Å². The largest absolute Gasteiger partial charge is 0.496 e. The predicted molar refractivity (Wildman–Crippen MR) is 67.8 cm³/mol. The van der Waals surface area contributed by atoms with Gasteiger partial charge in [0, 0.05) is 12.4 Å². The molecule has 0 aliphatic carbocycles. The van der Waals surface area contributed by atoms with Gasteiger partial charge >= 0.3 is 0 Å². The molecule has 2 heterocycles. The van der Waals surface area contributed by atoms with E-state index < -0.39 is 0 Å². The summed E-state index contributed by atoms with van der Waals surface area (Å²) in [5, 5.41) is 8.50. The van der Waals surface area contributed by atoms with E-state index in [1.54, 1.807) is 23.9 Å². The van der Waals surface area contributed by atoms with Crippen LogP contribution in [-0.2, 0) is 0 Å². The summed E-state index contributed by atoms with van der Waals surface area (Å²) in [6.07, 6.45) is 3.38. The second-order valence-electron chi connectivity index (χ2n) is 3.64. The summed E-state index contributed by atoms with van der Waals surface area (Å²) in [4.78, 5) is 3.97. The Morgan fingerprint density at radius 1 is 1.22 bits per heavy atom. The fraction of sp³-hybridized carbons (Fsp3) is 0.0833. The van der Waals surface area contributed by atoms with E-state index in [1.807, 2.05) is 24.3 Å². The lowest BCUT2D eigenvalue weighted by Crippen LogP contribution is -1.93. The number of ether oxygens (including phenoxy) is 1. The van der Waals surface area contributed by atoms with Crippen molar-refractivity contribution in [3.05, 3.63) is 41.8 Å². The van der Waals surface area contributed by atoms with Gasteiger partial charge in [-0.2, -0.15) is 0 Å². The first-order chi connectivity index (χ1) is 8.81. The van der Waals surface area contributed by atoms with Gasteiger partial charge in [0.15, 0.2) is 16.6 Å². The van der Waals surface area contributed by atoms with Crippen LogP contribution in [0.3, 0.4) is 0 Å². The molecule has 6 heteroatoms. The first-order valence-corrected chi connectivity index (χ1v) is 5.67. The third-order valence-electron chi connectivity index (χ3n) is 2.63. The second kappa shape index (κ2) is 4.27. The number of nitrogens with zero attached hydrogens (tertiary/aromatic N) is 4. The van der Waals surface area contributed by atoms with Crippen LogP contribution in [0, 0.1) is 0 Å². The minimum Gasteiger partial charge on any atom is -0.496 e. The highest BCUT2D eigenvalue weighted by Gasteiger charge is 2.13. The Hall–Kier alpha value is -2.14. The van der Waals surface area contributed by atoms with Gasteiger partial charge in [-0.3, -0.25) is 4.40 Å². The van der Waals surface area contributed by atoms with Crippen LogP contribution < -0.4 is 4.74 Å². The Kier molecular flexibility index (Phi) is 2.60. The predicted octanol–water partition coefficient (Wildman–Crippen LogP) is 2.45. The molecule has 3 aromatic rings.